The van der Waals surface area contributed by atoms with Crippen molar-refractivity contribution in [3.05, 3.63) is 10.6 Å². The number of nitrogens with one attached hydrogen (secondary N) is 1. The van der Waals surface area contributed by atoms with Crippen LogP contribution >= 0.6 is 11.3 Å². The Kier molecular flexibility index (Phi) is 4.08. The number of carbonyl (C=O) groups excluding carboxylic acids is 1. The van der Waals surface area contributed by atoms with E-state index in [1.165, 1.54) is 18.4 Å². The number of methoxy groups -OCH3 is 1. The van der Waals surface area contributed by atoms with Crippen LogP contribution in [0.1, 0.15) is 29.2 Å². The van der Waals surface area contributed by atoms with Gasteiger partial charge in [0.1, 0.15) is 0 Å². The van der Waals surface area contributed by atoms with Gasteiger partial charge >= 0.3 is 5.97 Å². The first-order valence-corrected chi connectivity index (χ1v) is 5.65. The van der Waals surface area contributed by atoms with Crippen molar-refractivity contribution in [2.75, 3.05) is 19.0 Å². The molecule has 0 bridgehead atoms. The average Bonchev–Trinajstić information content (AvgIpc) is 2.55. The molecule has 0 saturated heterocycles. The normalized spacial score (nSPS) is 10.5. The molecule has 5 heteroatoms. The molecule has 0 atom stereocenters. The number of anilines is 1. The zero-order valence-corrected chi connectivity index (χ0v) is 10.3. The molecule has 0 amide bonds. The van der Waals surface area contributed by atoms with Gasteiger partial charge in [0.25, 0.3) is 0 Å². The fourth-order valence-electron chi connectivity index (χ4n) is 1.05. The van der Waals surface area contributed by atoms with Crippen LogP contribution in [0.25, 0.3) is 0 Å². The lowest BCUT2D eigenvalue weighted by Gasteiger charge is -2.04. The predicted molar refractivity (Wildman–Crippen MR) is 61.5 cm³/mol. The molecule has 1 aromatic rings. The summed E-state index contributed by atoms with van der Waals surface area (Å²) in [5.41, 5.74) is 0.411. The van der Waals surface area contributed by atoms with Crippen LogP contribution in [0.15, 0.2) is 0 Å². The Bertz CT molecular complexity index is 347. The Hall–Kier alpha value is -1.10. The van der Waals surface area contributed by atoms with Crippen molar-refractivity contribution >= 4 is 22.4 Å². The molecule has 4 nitrogen and oxygen atoms in total. The highest BCUT2D eigenvalue weighted by Gasteiger charge is 2.15. The highest BCUT2D eigenvalue weighted by atomic mass is 32.1. The molecule has 0 aliphatic rings. The first-order chi connectivity index (χ1) is 7.04. The number of rotatable bonds is 4. The maximum atomic E-state index is 11.3. The molecule has 0 saturated carbocycles. The van der Waals surface area contributed by atoms with Crippen molar-refractivity contribution in [1.82, 2.24) is 4.98 Å². The highest BCUT2D eigenvalue weighted by molar-refractivity contribution is 7.15. The lowest BCUT2D eigenvalue weighted by Crippen LogP contribution is -2.08. The maximum Gasteiger partial charge on any atom is 0.357 e. The number of thiazole rings is 1. The first-order valence-electron chi connectivity index (χ1n) is 4.84. The van der Waals surface area contributed by atoms with Crippen LogP contribution in [0.3, 0.4) is 0 Å². The summed E-state index contributed by atoms with van der Waals surface area (Å²) in [5.74, 6) is 0.178. The number of hydrogen-bond acceptors (Lipinski definition) is 5. The standard InChI is InChI=1S/C10H16N2O2S/c1-6(2)5-11-10-12-8(7(3)15-10)9(13)14-4/h6H,5H2,1-4H3,(H,11,12). The maximum absolute atomic E-state index is 11.3. The van der Waals surface area contributed by atoms with Crippen LogP contribution in [0, 0.1) is 12.8 Å². The van der Waals surface area contributed by atoms with Crippen molar-refractivity contribution in [3.8, 4) is 0 Å². The summed E-state index contributed by atoms with van der Waals surface area (Å²) in [6, 6.07) is 0. The zero-order valence-electron chi connectivity index (χ0n) is 9.46. The molecular weight excluding hydrogens is 212 g/mol. The molecule has 0 aromatic carbocycles. The van der Waals surface area contributed by atoms with Crippen molar-refractivity contribution in [3.63, 3.8) is 0 Å². The number of aromatic nitrogens is 1. The molecule has 0 fully saturated rings. The lowest BCUT2D eigenvalue weighted by molar-refractivity contribution is 0.0594. The van der Waals surface area contributed by atoms with Crippen molar-refractivity contribution < 1.29 is 9.53 Å². The quantitative estimate of drug-likeness (QED) is 0.803. The van der Waals surface area contributed by atoms with E-state index in [1.54, 1.807) is 0 Å². The van der Waals surface area contributed by atoms with Gasteiger partial charge in [-0.2, -0.15) is 0 Å². The van der Waals surface area contributed by atoms with E-state index in [1.807, 2.05) is 6.92 Å². The molecule has 0 aliphatic heterocycles. The van der Waals surface area contributed by atoms with E-state index in [2.05, 4.69) is 28.9 Å². The second-order valence-electron chi connectivity index (χ2n) is 3.69. The van der Waals surface area contributed by atoms with Gasteiger partial charge in [0, 0.05) is 11.4 Å². The molecule has 15 heavy (non-hydrogen) atoms. The first kappa shape index (κ1) is 12.0. The van der Waals surface area contributed by atoms with E-state index in [9.17, 15) is 4.79 Å². The van der Waals surface area contributed by atoms with Crippen LogP contribution in [0.2, 0.25) is 0 Å². The summed E-state index contributed by atoms with van der Waals surface area (Å²) in [4.78, 5) is 16.3. The summed E-state index contributed by atoms with van der Waals surface area (Å²) in [6.45, 7) is 6.96. The van der Waals surface area contributed by atoms with E-state index >= 15 is 0 Å². The smallest absolute Gasteiger partial charge is 0.357 e. The van der Waals surface area contributed by atoms with Gasteiger partial charge in [0.15, 0.2) is 10.8 Å². The summed E-state index contributed by atoms with van der Waals surface area (Å²) >= 11 is 1.48. The van der Waals surface area contributed by atoms with Crippen molar-refractivity contribution in [2.24, 2.45) is 5.92 Å². The molecule has 1 aromatic heterocycles. The minimum atomic E-state index is -0.374. The van der Waals surface area contributed by atoms with Gasteiger partial charge in [-0.1, -0.05) is 13.8 Å². The number of carbonyl (C=O) groups is 1. The van der Waals surface area contributed by atoms with E-state index in [-0.39, 0.29) is 5.97 Å². The van der Waals surface area contributed by atoms with Gasteiger partial charge in [-0.05, 0) is 12.8 Å². The Labute approximate surface area is 93.7 Å². The summed E-state index contributed by atoms with van der Waals surface area (Å²) in [7, 11) is 1.36. The molecule has 1 rings (SSSR count). The van der Waals surface area contributed by atoms with Crippen LogP contribution in [0.4, 0.5) is 5.13 Å². The predicted octanol–water partition coefficient (Wildman–Crippen LogP) is 2.31. The van der Waals surface area contributed by atoms with Crippen LogP contribution < -0.4 is 5.32 Å². The molecule has 1 heterocycles. The SMILES string of the molecule is COC(=O)c1nc(NCC(C)C)sc1C. The molecule has 1 N–H and O–H groups in total. The number of nitrogens with zero attached hydrogens (tertiary/aromatic N) is 1. The summed E-state index contributed by atoms with van der Waals surface area (Å²) in [5, 5.41) is 3.96. The van der Waals surface area contributed by atoms with Gasteiger partial charge in [-0.25, -0.2) is 9.78 Å². The third-order valence-corrected chi connectivity index (χ3v) is 2.77. The van der Waals surface area contributed by atoms with E-state index in [0.29, 0.717) is 11.6 Å². The number of ether oxygens (including phenoxy) is 1. The monoisotopic (exact) mass is 228 g/mol. The van der Waals surface area contributed by atoms with Gasteiger partial charge in [-0.3, -0.25) is 0 Å². The average molecular weight is 228 g/mol. The minimum absolute atomic E-state index is 0.374. The molecule has 0 spiro atoms. The van der Waals surface area contributed by atoms with Gasteiger partial charge < -0.3 is 10.1 Å². The Balaban J connectivity index is 2.72. The second kappa shape index (κ2) is 5.11. The highest BCUT2D eigenvalue weighted by Crippen LogP contribution is 2.22. The molecule has 84 valence electrons. The Morgan fingerprint density at radius 1 is 1.60 bits per heavy atom. The Morgan fingerprint density at radius 3 is 2.80 bits per heavy atom. The third kappa shape index (κ3) is 3.20. The van der Waals surface area contributed by atoms with E-state index < -0.39 is 0 Å². The molecule has 0 unspecified atom stereocenters. The van der Waals surface area contributed by atoms with Crippen LogP contribution in [-0.2, 0) is 4.74 Å². The van der Waals surface area contributed by atoms with Crippen molar-refractivity contribution in [1.29, 1.82) is 0 Å². The number of hydrogen-bond donors (Lipinski definition) is 1. The van der Waals surface area contributed by atoms with E-state index in [4.69, 9.17) is 0 Å². The molecular formula is C10H16N2O2S. The van der Waals surface area contributed by atoms with Crippen LogP contribution in [-0.4, -0.2) is 24.6 Å². The molecule has 0 radical (unpaired) electrons. The van der Waals surface area contributed by atoms with Gasteiger partial charge in [0.2, 0.25) is 0 Å². The largest absolute Gasteiger partial charge is 0.464 e. The summed E-state index contributed by atoms with van der Waals surface area (Å²) < 4.78 is 4.63. The fourth-order valence-corrected chi connectivity index (χ4v) is 1.86. The topological polar surface area (TPSA) is 51.2 Å². The van der Waals surface area contributed by atoms with Crippen molar-refractivity contribution in [2.45, 2.75) is 20.8 Å². The zero-order chi connectivity index (χ0) is 11.4. The number of aryl methyl sites for hydroxylation is 1. The Morgan fingerprint density at radius 2 is 2.27 bits per heavy atom. The summed E-state index contributed by atoms with van der Waals surface area (Å²) in [6.07, 6.45) is 0. The minimum Gasteiger partial charge on any atom is -0.464 e. The van der Waals surface area contributed by atoms with E-state index in [0.717, 1.165) is 16.6 Å². The molecule has 0 aliphatic carbocycles. The van der Waals surface area contributed by atoms with Gasteiger partial charge in [0.05, 0.1) is 7.11 Å². The fraction of sp³-hybridized carbons (Fsp3) is 0.600. The number of esters is 1. The van der Waals surface area contributed by atoms with Crippen LogP contribution in [0.5, 0.6) is 0 Å². The van der Waals surface area contributed by atoms with Gasteiger partial charge in [-0.15, -0.1) is 11.3 Å². The third-order valence-electron chi connectivity index (χ3n) is 1.84. The lowest BCUT2D eigenvalue weighted by atomic mass is 10.2. The second-order valence-corrected chi connectivity index (χ2v) is 4.89.